The van der Waals surface area contributed by atoms with Crippen LogP contribution in [0.3, 0.4) is 0 Å². The average molecular weight is 240 g/mol. The van der Waals surface area contributed by atoms with Crippen LogP contribution in [-0.2, 0) is 14.3 Å². The maximum atomic E-state index is 10.2. The lowest BCUT2D eigenvalue weighted by atomic mass is 9.96. The molecule has 0 aliphatic carbocycles. The summed E-state index contributed by atoms with van der Waals surface area (Å²) in [4.78, 5) is 10.2. The molecule has 2 rings (SSSR count). The van der Waals surface area contributed by atoms with Crippen molar-refractivity contribution in [1.29, 1.82) is 0 Å². The van der Waals surface area contributed by atoms with E-state index in [1.807, 2.05) is 0 Å². The third-order valence-corrected chi connectivity index (χ3v) is 3.91. The molecule has 0 amide bonds. The summed E-state index contributed by atoms with van der Waals surface area (Å²) in [5, 5.41) is 0. The molecule has 0 unspecified atom stereocenters. The highest BCUT2D eigenvalue weighted by atomic mass is 16.7. The van der Waals surface area contributed by atoms with Crippen LogP contribution in [0.2, 0.25) is 0 Å². The molecule has 0 N–H and O–H groups in total. The van der Waals surface area contributed by atoms with E-state index in [1.54, 1.807) is 0 Å². The van der Waals surface area contributed by atoms with Crippen LogP contribution >= 0.6 is 0 Å². The number of aldehydes is 1. The normalized spacial score (nSPS) is 37.5. The Hall–Kier alpha value is -0.410. The van der Waals surface area contributed by atoms with Crippen LogP contribution < -0.4 is 0 Å². The number of rotatable bonds is 5. The molecule has 2 aliphatic heterocycles. The zero-order valence-corrected chi connectivity index (χ0v) is 10.8. The molecule has 3 nitrogen and oxygen atoms in total. The molecule has 2 aliphatic rings. The van der Waals surface area contributed by atoms with Crippen LogP contribution in [0.5, 0.6) is 0 Å². The Labute approximate surface area is 104 Å². The molecule has 0 aromatic rings. The van der Waals surface area contributed by atoms with E-state index in [4.69, 9.17) is 9.47 Å². The molecule has 17 heavy (non-hydrogen) atoms. The van der Waals surface area contributed by atoms with Crippen LogP contribution in [0.25, 0.3) is 0 Å². The smallest absolute Gasteiger partial charge is 0.169 e. The van der Waals surface area contributed by atoms with Gasteiger partial charge >= 0.3 is 0 Å². The van der Waals surface area contributed by atoms with E-state index >= 15 is 0 Å². The predicted molar refractivity (Wildman–Crippen MR) is 65.8 cm³/mol. The first-order valence-electron chi connectivity index (χ1n) is 7.03. The van der Waals surface area contributed by atoms with Crippen molar-refractivity contribution in [2.24, 2.45) is 0 Å². The molecule has 1 spiro atoms. The molecule has 0 aromatic carbocycles. The molecule has 0 radical (unpaired) electrons. The van der Waals surface area contributed by atoms with Crippen LogP contribution in [0, 0.1) is 0 Å². The zero-order valence-electron chi connectivity index (χ0n) is 10.8. The van der Waals surface area contributed by atoms with Gasteiger partial charge < -0.3 is 14.3 Å². The minimum absolute atomic E-state index is 0.257. The van der Waals surface area contributed by atoms with Gasteiger partial charge in [-0.2, -0.15) is 0 Å². The summed E-state index contributed by atoms with van der Waals surface area (Å²) in [6.07, 6.45) is 11.2. The maximum absolute atomic E-state index is 10.2. The minimum Gasteiger partial charge on any atom is -0.347 e. The van der Waals surface area contributed by atoms with Gasteiger partial charge in [-0.1, -0.05) is 6.42 Å². The molecule has 2 heterocycles. The zero-order chi connectivity index (χ0) is 12.1. The molecule has 0 bridgehead atoms. The van der Waals surface area contributed by atoms with Crippen LogP contribution in [0.15, 0.2) is 0 Å². The number of carbonyl (C=O) groups is 1. The maximum Gasteiger partial charge on any atom is 0.169 e. The molecule has 2 fully saturated rings. The topological polar surface area (TPSA) is 35.5 Å². The summed E-state index contributed by atoms with van der Waals surface area (Å²) < 4.78 is 12.1. The molecule has 3 atom stereocenters. The second kappa shape index (κ2) is 5.96. The Bertz CT molecular complexity index is 250. The Morgan fingerprint density at radius 1 is 1.24 bits per heavy atom. The van der Waals surface area contributed by atoms with E-state index < -0.39 is 0 Å². The standard InChI is InChI=1S/C14H24O3/c1-12-8-10-14(16-12)9-5-7-13(17-14)6-3-2-4-11-15/h11-13H,2-10H2,1H3/t12-,13-,14-/m1/s1. The van der Waals surface area contributed by atoms with Crippen LogP contribution in [0.1, 0.15) is 64.7 Å². The summed E-state index contributed by atoms with van der Waals surface area (Å²) >= 11 is 0. The average Bonchev–Trinajstić information content (AvgIpc) is 2.66. The second-order valence-electron chi connectivity index (χ2n) is 5.46. The molecular weight excluding hydrogens is 216 g/mol. The molecule has 98 valence electrons. The van der Waals surface area contributed by atoms with Gasteiger partial charge in [-0.25, -0.2) is 0 Å². The number of hydrogen-bond acceptors (Lipinski definition) is 3. The third kappa shape index (κ3) is 3.52. The fraction of sp³-hybridized carbons (Fsp3) is 0.929. The quantitative estimate of drug-likeness (QED) is 0.547. The molecule has 2 saturated heterocycles. The molecule has 0 aromatic heterocycles. The van der Waals surface area contributed by atoms with E-state index in [9.17, 15) is 4.79 Å². The SMILES string of the molecule is C[C@@H]1CC[C@]2(CCC[C@@H](CCCCC=O)O2)O1. The van der Waals surface area contributed by atoms with E-state index in [0.29, 0.717) is 18.6 Å². The van der Waals surface area contributed by atoms with Crippen molar-refractivity contribution in [3.63, 3.8) is 0 Å². The first kappa shape index (κ1) is 13.0. The van der Waals surface area contributed by atoms with E-state index in [2.05, 4.69) is 6.92 Å². The van der Waals surface area contributed by atoms with Crippen molar-refractivity contribution in [1.82, 2.24) is 0 Å². The number of carbonyl (C=O) groups excluding carboxylic acids is 1. The third-order valence-electron chi connectivity index (χ3n) is 3.91. The summed E-state index contributed by atoms with van der Waals surface area (Å²) in [6.45, 7) is 2.13. The van der Waals surface area contributed by atoms with Crippen molar-refractivity contribution < 1.29 is 14.3 Å². The molecule has 0 saturated carbocycles. The molecule has 3 heteroatoms. The van der Waals surface area contributed by atoms with Gasteiger partial charge in [0.15, 0.2) is 5.79 Å². The van der Waals surface area contributed by atoms with Crippen molar-refractivity contribution in [2.75, 3.05) is 0 Å². The van der Waals surface area contributed by atoms with Gasteiger partial charge in [0.2, 0.25) is 0 Å². The van der Waals surface area contributed by atoms with Gasteiger partial charge in [-0.3, -0.25) is 0 Å². The van der Waals surface area contributed by atoms with Gasteiger partial charge in [-0.05, 0) is 39.0 Å². The van der Waals surface area contributed by atoms with Gasteiger partial charge in [0, 0.05) is 19.3 Å². The summed E-state index contributed by atoms with van der Waals surface area (Å²) in [7, 11) is 0. The van der Waals surface area contributed by atoms with Crippen molar-refractivity contribution in [3.8, 4) is 0 Å². The fourth-order valence-corrected chi connectivity index (χ4v) is 3.00. The largest absolute Gasteiger partial charge is 0.347 e. The first-order chi connectivity index (χ1) is 8.24. The van der Waals surface area contributed by atoms with Crippen molar-refractivity contribution in [3.05, 3.63) is 0 Å². The molecular formula is C14H24O3. The van der Waals surface area contributed by atoms with Crippen molar-refractivity contribution >= 4 is 6.29 Å². The lowest BCUT2D eigenvalue weighted by Gasteiger charge is -2.38. The summed E-state index contributed by atoms with van der Waals surface area (Å²) in [5.41, 5.74) is 0. The fourth-order valence-electron chi connectivity index (χ4n) is 3.00. The second-order valence-corrected chi connectivity index (χ2v) is 5.46. The van der Waals surface area contributed by atoms with E-state index in [0.717, 1.165) is 51.2 Å². The highest BCUT2D eigenvalue weighted by molar-refractivity contribution is 5.48. The highest BCUT2D eigenvalue weighted by Gasteiger charge is 2.43. The van der Waals surface area contributed by atoms with Gasteiger partial charge in [-0.15, -0.1) is 0 Å². The Morgan fingerprint density at radius 3 is 2.82 bits per heavy atom. The van der Waals surface area contributed by atoms with Gasteiger partial charge in [0.05, 0.1) is 12.2 Å². The number of hydrogen-bond donors (Lipinski definition) is 0. The minimum atomic E-state index is -0.257. The van der Waals surface area contributed by atoms with E-state index in [-0.39, 0.29) is 5.79 Å². The van der Waals surface area contributed by atoms with Crippen LogP contribution in [0.4, 0.5) is 0 Å². The number of unbranched alkanes of at least 4 members (excludes halogenated alkanes) is 2. The monoisotopic (exact) mass is 240 g/mol. The summed E-state index contributed by atoms with van der Waals surface area (Å²) in [6, 6.07) is 0. The lowest BCUT2D eigenvalue weighted by Crippen LogP contribution is -2.40. The Morgan fingerprint density at radius 2 is 2.12 bits per heavy atom. The summed E-state index contributed by atoms with van der Waals surface area (Å²) in [5.74, 6) is -0.257. The first-order valence-corrected chi connectivity index (χ1v) is 7.03. The lowest BCUT2D eigenvalue weighted by molar-refractivity contribution is -0.269. The van der Waals surface area contributed by atoms with E-state index in [1.165, 1.54) is 6.42 Å². The van der Waals surface area contributed by atoms with Crippen LogP contribution in [-0.4, -0.2) is 24.3 Å². The highest BCUT2D eigenvalue weighted by Crippen LogP contribution is 2.41. The number of ether oxygens (including phenoxy) is 2. The predicted octanol–water partition coefficient (Wildman–Crippen LogP) is 3.21. The Kier molecular flexibility index (Phi) is 4.57. The Balaban J connectivity index is 1.75. The van der Waals surface area contributed by atoms with Crippen molar-refractivity contribution in [2.45, 2.75) is 82.7 Å². The van der Waals surface area contributed by atoms with Gasteiger partial charge in [0.25, 0.3) is 0 Å². The van der Waals surface area contributed by atoms with Gasteiger partial charge in [0.1, 0.15) is 6.29 Å².